The number of aliphatic hydroxyl groups is 1. The Bertz CT molecular complexity index is 536. The molecule has 1 aromatic carbocycles. The third kappa shape index (κ3) is 5.06. The largest absolute Gasteiger partial charge is 0.389 e. The summed E-state index contributed by atoms with van der Waals surface area (Å²) in [7, 11) is 3.36. The van der Waals surface area contributed by atoms with Crippen molar-refractivity contribution in [2.45, 2.75) is 50.2 Å². The molecule has 0 radical (unpaired) electrons. The molecule has 0 aromatic heterocycles. The van der Waals surface area contributed by atoms with Gasteiger partial charge in [-0.05, 0) is 18.4 Å². The maximum Gasteiger partial charge on any atom is 0.244 e. The zero-order valence-corrected chi connectivity index (χ0v) is 13.9. The summed E-state index contributed by atoms with van der Waals surface area (Å²) in [5.41, 5.74) is 0.0929. The van der Waals surface area contributed by atoms with E-state index in [-0.39, 0.29) is 18.2 Å². The van der Waals surface area contributed by atoms with Crippen LogP contribution < -0.4 is 5.32 Å². The number of carbonyl (C=O) groups is 2. The van der Waals surface area contributed by atoms with E-state index < -0.39 is 11.6 Å². The fourth-order valence-corrected chi connectivity index (χ4v) is 3.12. The van der Waals surface area contributed by atoms with E-state index in [1.54, 1.807) is 14.1 Å². The van der Waals surface area contributed by atoms with E-state index >= 15 is 0 Å². The van der Waals surface area contributed by atoms with Gasteiger partial charge in [0.15, 0.2) is 0 Å². The maximum absolute atomic E-state index is 12.3. The van der Waals surface area contributed by atoms with Gasteiger partial charge < -0.3 is 15.3 Å². The number of hydrogen-bond donors (Lipinski definition) is 2. The van der Waals surface area contributed by atoms with E-state index in [1.807, 2.05) is 30.3 Å². The van der Waals surface area contributed by atoms with Gasteiger partial charge in [-0.25, -0.2) is 0 Å². The summed E-state index contributed by atoms with van der Waals surface area (Å²) in [5.74, 6) is -0.397. The van der Waals surface area contributed by atoms with Crippen LogP contribution in [-0.2, 0) is 16.0 Å². The summed E-state index contributed by atoms with van der Waals surface area (Å²) in [5, 5.41) is 13.2. The molecule has 5 heteroatoms. The fourth-order valence-electron chi connectivity index (χ4n) is 3.12. The van der Waals surface area contributed by atoms with Crippen LogP contribution in [0.25, 0.3) is 0 Å². The molecular formula is C18H26N2O3. The second kappa shape index (κ2) is 7.59. The summed E-state index contributed by atoms with van der Waals surface area (Å²) in [6.07, 6.45) is 3.74. The van der Waals surface area contributed by atoms with Crippen LogP contribution in [-0.4, -0.2) is 47.6 Å². The standard InChI is InChI=1S/C18H26N2O3/c1-20(2)17(22)15(12-14-8-4-3-5-9-14)19-16(21)13-18(23)10-6-7-11-18/h3-5,8-9,15,23H,6-7,10-13H2,1-2H3,(H,19,21). The monoisotopic (exact) mass is 318 g/mol. The van der Waals surface area contributed by atoms with E-state index in [0.717, 1.165) is 18.4 Å². The second-order valence-corrected chi connectivity index (χ2v) is 6.65. The summed E-state index contributed by atoms with van der Waals surface area (Å²) < 4.78 is 0. The van der Waals surface area contributed by atoms with Crippen molar-refractivity contribution in [3.8, 4) is 0 Å². The van der Waals surface area contributed by atoms with E-state index in [2.05, 4.69) is 5.32 Å². The summed E-state index contributed by atoms with van der Waals surface area (Å²) in [4.78, 5) is 26.1. The molecule has 23 heavy (non-hydrogen) atoms. The van der Waals surface area contributed by atoms with Crippen LogP contribution >= 0.6 is 0 Å². The predicted molar refractivity (Wildman–Crippen MR) is 88.8 cm³/mol. The molecule has 1 aliphatic rings. The van der Waals surface area contributed by atoms with Gasteiger partial charge in [0, 0.05) is 20.5 Å². The van der Waals surface area contributed by atoms with Gasteiger partial charge in [-0.3, -0.25) is 9.59 Å². The van der Waals surface area contributed by atoms with Crippen molar-refractivity contribution in [3.05, 3.63) is 35.9 Å². The highest BCUT2D eigenvalue weighted by Gasteiger charge is 2.34. The fraction of sp³-hybridized carbons (Fsp3) is 0.556. The van der Waals surface area contributed by atoms with Crippen LogP contribution in [0.2, 0.25) is 0 Å². The third-order valence-corrected chi connectivity index (χ3v) is 4.38. The minimum atomic E-state index is -0.900. The van der Waals surface area contributed by atoms with Crippen LogP contribution in [0.3, 0.4) is 0 Å². The molecule has 1 unspecified atom stereocenters. The van der Waals surface area contributed by atoms with Gasteiger partial charge in [0.25, 0.3) is 0 Å². The molecule has 0 saturated heterocycles. The maximum atomic E-state index is 12.3. The highest BCUT2D eigenvalue weighted by molar-refractivity contribution is 5.88. The number of nitrogens with zero attached hydrogens (tertiary/aromatic N) is 1. The minimum absolute atomic E-state index is 0.0685. The topological polar surface area (TPSA) is 69.6 Å². The van der Waals surface area contributed by atoms with Gasteiger partial charge in [0.05, 0.1) is 12.0 Å². The molecule has 2 rings (SSSR count). The third-order valence-electron chi connectivity index (χ3n) is 4.38. The Morgan fingerprint density at radius 1 is 1.22 bits per heavy atom. The number of rotatable bonds is 6. The molecular weight excluding hydrogens is 292 g/mol. The van der Waals surface area contributed by atoms with Crippen molar-refractivity contribution in [1.82, 2.24) is 10.2 Å². The molecule has 0 spiro atoms. The molecule has 0 bridgehead atoms. The Labute approximate surface area is 137 Å². The first-order valence-electron chi connectivity index (χ1n) is 8.16. The van der Waals surface area contributed by atoms with Crippen molar-refractivity contribution < 1.29 is 14.7 Å². The first-order valence-corrected chi connectivity index (χ1v) is 8.16. The Hall–Kier alpha value is -1.88. The van der Waals surface area contributed by atoms with E-state index in [9.17, 15) is 14.7 Å². The number of likely N-dealkylation sites (N-methyl/N-ethyl adjacent to an activating group) is 1. The zero-order valence-electron chi connectivity index (χ0n) is 13.9. The van der Waals surface area contributed by atoms with Crippen LogP contribution in [0, 0.1) is 0 Å². The van der Waals surface area contributed by atoms with Crippen molar-refractivity contribution in [2.24, 2.45) is 0 Å². The predicted octanol–water partition coefficient (Wildman–Crippen LogP) is 1.50. The van der Waals surface area contributed by atoms with Crippen LogP contribution in [0.1, 0.15) is 37.7 Å². The van der Waals surface area contributed by atoms with Gasteiger partial charge in [-0.15, -0.1) is 0 Å². The molecule has 2 amide bonds. The molecule has 1 aromatic rings. The van der Waals surface area contributed by atoms with Crippen molar-refractivity contribution in [1.29, 1.82) is 0 Å². The quantitative estimate of drug-likeness (QED) is 0.835. The molecule has 1 saturated carbocycles. The SMILES string of the molecule is CN(C)C(=O)C(Cc1ccccc1)NC(=O)CC1(O)CCCC1. The van der Waals surface area contributed by atoms with E-state index in [4.69, 9.17) is 0 Å². The molecule has 2 N–H and O–H groups in total. The van der Waals surface area contributed by atoms with Crippen LogP contribution in [0.4, 0.5) is 0 Å². The minimum Gasteiger partial charge on any atom is -0.389 e. The summed E-state index contributed by atoms with van der Waals surface area (Å²) in [6.45, 7) is 0. The molecule has 0 aliphatic heterocycles. The lowest BCUT2D eigenvalue weighted by Crippen LogP contribution is -2.49. The molecule has 0 heterocycles. The molecule has 126 valence electrons. The number of carbonyl (C=O) groups excluding carboxylic acids is 2. The lowest BCUT2D eigenvalue weighted by atomic mass is 9.97. The number of nitrogens with one attached hydrogen (secondary N) is 1. The first-order chi connectivity index (χ1) is 10.9. The van der Waals surface area contributed by atoms with Gasteiger partial charge in [0.1, 0.15) is 6.04 Å². The highest BCUT2D eigenvalue weighted by Crippen LogP contribution is 2.32. The summed E-state index contributed by atoms with van der Waals surface area (Å²) in [6, 6.07) is 9.01. The average molecular weight is 318 g/mol. The van der Waals surface area contributed by atoms with Crippen molar-refractivity contribution >= 4 is 11.8 Å². The number of hydrogen-bond acceptors (Lipinski definition) is 3. The first kappa shape index (κ1) is 17.5. The number of amides is 2. The van der Waals surface area contributed by atoms with Crippen molar-refractivity contribution in [2.75, 3.05) is 14.1 Å². The Morgan fingerprint density at radius 2 is 1.83 bits per heavy atom. The molecule has 5 nitrogen and oxygen atoms in total. The Morgan fingerprint density at radius 3 is 2.39 bits per heavy atom. The molecule has 1 atom stereocenters. The van der Waals surface area contributed by atoms with Crippen molar-refractivity contribution in [3.63, 3.8) is 0 Å². The van der Waals surface area contributed by atoms with Gasteiger partial charge in [-0.1, -0.05) is 43.2 Å². The molecule has 1 fully saturated rings. The average Bonchev–Trinajstić information content (AvgIpc) is 2.92. The smallest absolute Gasteiger partial charge is 0.244 e. The van der Waals surface area contributed by atoms with Gasteiger partial charge in [-0.2, -0.15) is 0 Å². The lowest BCUT2D eigenvalue weighted by Gasteiger charge is -2.25. The van der Waals surface area contributed by atoms with Crippen LogP contribution in [0.15, 0.2) is 30.3 Å². The van der Waals surface area contributed by atoms with Gasteiger partial charge >= 0.3 is 0 Å². The zero-order chi connectivity index (χ0) is 16.9. The highest BCUT2D eigenvalue weighted by atomic mass is 16.3. The molecule has 1 aliphatic carbocycles. The van der Waals surface area contributed by atoms with Crippen LogP contribution in [0.5, 0.6) is 0 Å². The van der Waals surface area contributed by atoms with E-state index in [1.165, 1.54) is 4.90 Å². The lowest BCUT2D eigenvalue weighted by molar-refractivity contribution is -0.136. The summed E-state index contributed by atoms with van der Waals surface area (Å²) >= 11 is 0. The Kier molecular flexibility index (Phi) is 5.77. The Balaban J connectivity index is 2.02. The second-order valence-electron chi connectivity index (χ2n) is 6.65. The normalized spacial score (nSPS) is 17.5. The van der Waals surface area contributed by atoms with E-state index in [0.29, 0.717) is 19.3 Å². The van der Waals surface area contributed by atoms with Gasteiger partial charge in [0.2, 0.25) is 11.8 Å². The number of benzene rings is 1.